The number of hydrogen-bond acceptors (Lipinski definition) is 4. The number of carbonyl (C=O) groups is 1. The Bertz CT molecular complexity index is 442. The van der Waals surface area contributed by atoms with Crippen molar-refractivity contribution in [2.24, 2.45) is 0 Å². The van der Waals surface area contributed by atoms with Gasteiger partial charge in [0.1, 0.15) is 4.88 Å². The number of aromatic carboxylic acids is 1. The number of anilines is 1. The van der Waals surface area contributed by atoms with Crippen LogP contribution in [-0.2, 0) is 5.41 Å². The van der Waals surface area contributed by atoms with Gasteiger partial charge in [0.25, 0.3) is 0 Å². The van der Waals surface area contributed by atoms with Crippen LogP contribution in [0.5, 0.6) is 0 Å². The minimum absolute atomic E-state index is 0.224. The Morgan fingerprint density at radius 3 is 2.33 bits per heavy atom. The summed E-state index contributed by atoms with van der Waals surface area (Å²) in [4.78, 5) is 18.5. The van der Waals surface area contributed by atoms with Crippen LogP contribution in [0.2, 0.25) is 0 Å². The molecule has 0 aliphatic carbocycles. The van der Waals surface area contributed by atoms with Crippen LogP contribution in [0.3, 0.4) is 0 Å². The zero-order chi connectivity index (χ0) is 13.3. The van der Waals surface area contributed by atoms with E-state index < -0.39 is 5.97 Å². The number of carboxylic acid groups (broad SMARTS) is 1. The highest BCUT2D eigenvalue weighted by atomic mass is 32.1. The van der Waals surface area contributed by atoms with Crippen molar-refractivity contribution < 1.29 is 9.90 Å². The fraction of sp³-hybridized carbons (Fsp3) is 0.692. The lowest BCUT2D eigenvalue weighted by molar-refractivity contribution is 0.0699. The van der Waals surface area contributed by atoms with E-state index in [0.717, 1.165) is 18.2 Å². The van der Waals surface area contributed by atoms with Crippen molar-refractivity contribution in [2.75, 3.05) is 18.0 Å². The van der Waals surface area contributed by atoms with Gasteiger partial charge in [-0.25, -0.2) is 9.78 Å². The van der Waals surface area contributed by atoms with Crippen molar-refractivity contribution in [1.82, 2.24) is 4.98 Å². The molecule has 1 fully saturated rings. The molecule has 1 aliphatic rings. The predicted molar refractivity (Wildman–Crippen MR) is 73.8 cm³/mol. The quantitative estimate of drug-likeness (QED) is 0.895. The summed E-state index contributed by atoms with van der Waals surface area (Å²) < 4.78 is 0. The third kappa shape index (κ3) is 2.66. The van der Waals surface area contributed by atoms with E-state index in [9.17, 15) is 9.90 Å². The number of aromatic nitrogens is 1. The number of nitrogens with zero attached hydrogens (tertiary/aromatic N) is 2. The molecule has 2 heterocycles. The normalized spacial score (nSPS) is 16.9. The molecule has 1 aliphatic heterocycles. The first-order valence-electron chi connectivity index (χ1n) is 6.39. The van der Waals surface area contributed by atoms with Crippen molar-refractivity contribution in [2.45, 2.75) is 45.4 Å². The standard InChI is InChI=1S/C13H20N2O2S/c1-13(2,3)10-9(11(16)17)18-12(14-10)15-7-5-4-6-8-15/h4-8H2,1-3H3,(H,16,17). The molecule has 0 saturated carbocycles. The monoisotopic (exact) mass is 268 g/mol. The average Bonchev–Trinajstić information content (AvgIpc) is 2.74. The van der Waals surface area contributed by atoms with Crippen LogP contribution in [0.15, 0.2) is 0 Å². The molecule has 0 unspecified atom stereocenters. The SMILES string of the molecule is CC(C)(C)c1nc(N2CCCCC2)sc1C(=O)O. The number of hydrogen-bond donors (Lipinski definition) is 1. The number of carboxylic acids is 1. The average molecular weight is 268 g/mol. The highest BCUT2D eigenvalue weighted by Gasteiger charge is 2.28. The van der Waals surface area contributed by atoms with Crippen LogP contribution in [-0.4, -0.2) is 29.1 Å². The highest BCUT2D eigenvalue weighted by Crippen LogP contribution is 2.34. The van der Waals surface area contributed by atoms with E-state index in [1.165, 1.54) is 30.6 Å². The van der Waals surface area contributed by atoms with E-state index in [-0.39, 0.29) is 5.41 Å². The molecule has 5 heteroatoms. The summed E-state index contributed by atoms with van der Waals surface area (Å²) in [5.41, 5.74) is 0.485. The van der Waals surface area contributed by atoms with Gasteiger partial charge >= 0.3 is 5.97 Å². The maximum atomic E-state index is 11.3. The largest absolute Gasteiger partial charge is 0.477 e. The van der Waals surface area contributed by atoms with E-state index in [2.05, 4.69) is 9.88 Å². The topological polar surface area (TPSA) is 53.4 Å². The molecule has 0 radical (unpaired) electrons. The second-order valence-electron chi connectivity index (χ2n) is 5.78. The first-order chi connectivity index (χ1) is 8.39. The lowest BCUT2D eigenvalue weighted by Gasteiger charge is -2.26. The minimum atomic E-state index is -0.860. The number of piperidine rings is 1. The van der Waals surface area contributed by atoms with Gasteiger partial charge in [-0.15, -0.1) is 0 Å². The third-order valence-corrected chi connectivity index (χ3v) is 4.25. The van der Waals surface area contributed by atoms with Gasteiger partial charge in [0.05, 0.1) is 5.69 Å². The highest BCUT2D eigenvalue weighted by molar-refractivity contribution is 7.17. The van der Waals surface area contributed by atoms with Gasteiger partial charge in [-0.05, 0) is 19.3 Å². The van der Waals surface area contributed by atoms with Crippen LogP contribution in [0, 0.1) is 0 Å². The van der Waals surface area contributed by atoms with Crippen molar-refractivity contribution >= 4 is 22.4 Å². The Kier molecular flexibility index (Phi) is 3.61. The van der Waals surface area contributed by atoms with Gasteiger partial charge in [0, 0.05) is 18.5 Å². The molecule has 1 saturated heterocycles. The molecular weight excluding hydrogens is 248 g/mol. The van der Waals surface area contributed by atoms with Gasteiger partial charge < -0.3 is 10.0 Å². The summed E-state index contributed by atoms with van der Waals surface area (Å²) in [6.45, 7) is 8.02. The Balaban J connectivity index is 2.35. The molecule has 100 valence electrons. The lowest BCUT2D eigenvalue weighted by Crippen LogP contribution is -2.29. The van der Waals surface area contributed by atoms with E-state index in [1.54, 1.807) is 0 Å². The minimum Gasteiger partial charge on any atom is -0.477 e. The second kappa shape index (κ2) is 4.88. The molecule has 0 atom stereocenters. The van der Waals surface area contributed by atoms with E-state index in [1.807, 2.05) is 20.8 Å². The van der Waals surface area contributed by atoms with Crippen LogP contribution in [0.1, 0.15) is 55.4 Å². The Morgan fingerprint density at radius 1 is 1.28 bits per heavy atom. The van der Waals surface area contributed by atoms with Crippen LogP contribution in [0.4, 0.5) is 5.13 Å². The number of rotatable bonds is 2. The molecular formula is C13H20N2O2S. The number of thiazole rings is 1. The van der Waals surface area contributed by atoms with E-state index >= 15 is 0 Å². The lowest BCUT2D eigenvalue weighted by atomic mass is 9.91. The molecule has 4 nitrogen and oxygen atoms in total. The molecule has 0 aromatic carbocycles. The summed E-state index contributed by atoms with van der Waals surface area (Å²) in [6.07, 6.45) is 3.61. The van der Waals surface area contributed by atoms with Gasteiger partial charge in [-0.3, -0.25) is 0 Å². The van der Waals surface area contributed by atoms with Gasteiger partial charge in [-0.1, -0.05) is 32.1 Å². The fourth-order valence-corrected chi connectivity index (χ4v) is 3.35. The van der Waals surface area contributed by atoms with Crippen LogP contribution in [0.25, 0.3) is 0 Å². The summed E-state index contributed by atoms with van der Waals surface area (Å²) in [5.74, 6) is -0.860. The van der Waals surface area contributed by atoms with Crippen molar-refractivity contribution in [3.8, 4) is 0 Å². The molecule has 1 aromatic rings. The van der Waals surface area contributed by atoms with Gasteiger partial charge in [0.15, 0.2) is 5.13 Å². The summed E-state index contributed by atoms with van der Waals surface area (Å²) in [5, 5.41) is 10.2. The molecule has 0 amide bonds. The fourth-order valence-electron chi connectivity index (χ4n) is 2.18. The zero-order valence-electron chi connectivity index (χ0n) is 11.2. The van der Waals surface area contributed by atoms with E-state index in [4.69, 9.17) is 0 Å². The molecule has 0 spiro atoms. The Morgan fingerprint density at radius 2 is 1.89 bits per heavy atom. The van der Waals surface area contributed by atoms with Crippen molar-refractivity contribution in [3.05, 3.63) is 10.6 Å². The molecule has 2 rings (SSSR count). The summed E-state index contributed by atoms with van der Waals surface area (Å²) in [6, 6.07) is 0. The molecule has 1 N–H and O–H groups in total. The third-order valence-electron chi connectivity index (χ3n) is 3.15. The van der Waals surface area contributed by atoms with E-state index in [0.29, 0.717) is 10.6 Å². The second-order valence-corrected chi connectivity index (χ2v) is 6.75. The van der Waals surface area contributed by atoms with Gasteiger partial charge in [0.2, 0.25) is 0 Å². The molecule has 1 aromatic heterocycles. The maximum absolute atomic E-state index is 11.3. The summed E-state index contributed by atoms with van der Waals surface area (Å²) in [7, 11) is 0. The zero-order valence-corrected chi connectivity index (χ0v) is 12.0. The van der Waals surface area contributed by atoms with Crippen molar-refractivity contribution in [1.29, 1.82) is 0 Å². The molecule has 18 heavy (non-hydrogen) atoms. The van der Waals surface area contributed by atoms with Crippen LogP contribution < -0.4 is 4.90 Å². The molecule has 0 bridgehead atoms. The van der Waals surface area contributed by atoms with Crippen molar-refractivity contribution in [3.63, 3.8) is 0 Å². The summed E-state index contributed by atoms with van der Waals surface area (Å²) >= 11 is 1.32. The first kappa shape index (κ1) is 13.3. The van der Waals surface area contributed by atoms with Crippen LogP contribution >= 0.6 is 11.3 Å². The maximum Gasteiger partial charge on any atom is 0.347 e. The Hall–Kier alpha value is -1.10. The Labute approximate surface area is 112 Å². The first-order valence-corrected chi connectivity index (χ1v) is 7.21. The smallest absolute Gasteiger partial charge is 0.347 e. The predicted octanol–water partition coefficient (Wildman–Crippen LogP) is 3.13. The van der Waals surface area contributed by atoms with Gasteiger partial charge in [-0.2, -0.15) is 0 Å².